The van der Waals surface area contributed by atoms with E-state index >= 15 is 0 Å². The average Bonchev–Trinajstić information content (AvgIpc) is 2.58. The highest BCUT2D eigenvalue weighted by Gasteiger charge is 2.19. The number of primary sulfonamides is 1. The number of aromatic nitrogens is 3. The molecule has 0 aliphatic carbocycles. The molecule has 0 aliphatic rings. The van der Waals surface area contributed by atoms with Crippen molar-refractivity contribution in [1.82, 2.24) is 15.0 Å². The minimum absolute atomic E-state index is 0.0574. The smallest absolute Gasteiger partial charge is 0.226 e. The molecule has 2 aromatic rings. The fourth-order valence-corrected chi connectivity index (χ4v) is 3.57. The lowest BCUT2D eigenvalue weighted by atomic mass is 9.97. The van der Waals surface area contributed by atoms with Crippen LogP contribution in [0.3, 0.4) is 0 Å². The molecule has 0 bridgehead atoms. The third-order valence-electron chi connectivity index (χ3n) is 4.35. The van der Waals surface area contributed by atoms with E-state index in [9.17, 15) is 22.3 Å². The molecule has 0 spiro atoms. The lowest BCUT2D eigenvalue weighted by Crippen LogP contribution is -2.28. The van der Waals surface area contributed by atoms with Gasteiger partial charge in [0.15, 0.2) is 5.82 Å². The first-order chi connectivity index (χ1) is 14.0. The topological polar surface area (TPSA) is 131 Å². The van der Waals surface area contributed by atoms with Crippen LogP contribution >= 0.6 is 0 Å². The molecule has 2 atom stereocenters. The highest BCUT2D eigenvalue weighted by Crippen LogP contribution is 2.23. The summed E-state index contributed by atoms with van der Waals surface area (Å²) in [6, 6.07) is 2.98. The van der Waals surface area contributed by atoms with Crippen LogP contribution in [0.5, 0.6) is 0 Å². The molecule has 1 aromatic heterocycles. The number of anilines is 1. The second-order valence-corrected chi connectivity index (χ2v) is 9.34. The van der Waals surface area contributed by atoms with Crippen LogP contribution in [0.25, 0.3) is 0 Å². The van der Waals surface area contributed by atoms with Gasteiger partial charge in [0.2, 0.25) is 16.0 Å². The van der Waals surface area contributed by atoms with Gasteiger partial charge in [-0.1, -0.05) is 26.8 Å². The molecule has 0 radical (unpaired) electrons. The maximum atomic E-state index is 14.1. The quantitative estimate of drug-likeness (QED) is 0.512. The Bertz CT molecular complexity index is 973. The van der Waals surface area contributed by atoms with E-state index in [1.54, 1.807) is 6.92 Å². The third kappa shape index (κ3) is 7.54. The van der Waals surface area contributed by atoms with E-state index in [4.69, 9.17) is 5.14 Å². The second kappa shape index (κ2) is 10.2. The molecule has 30 heavy (non-hydrogen) atoms. The maximum Gasteiger partial charge on any atom is 0.226 e. The van der Waals surface area contributed by atoms with Crippen molar-refractivity contribution in [3.8, 4) is 0 Å². The van der Waals surface area contributed by atoms with Crippen molar-refractivity contribution in [3.05, 3.63) is 47.0 Å². The minimum Gasteiger partial charge on any atom is -0.394 e. The number of hydrogen-bond acceptors (Lipinski definition) is 7. The van der Waals surface area contributed by atoms with Crippen molar-refractivity contribution in [3.63, 3.8) is 0 Å². The van der Waals surface area contributed by atoms with Crippen molar-refractivity contribution in [1.29, 1.82) is 0 Å². The van der Waals surface area contributed by atoms with E-state index in [1.165, 1.54) is 12.1 Å². The van der Waals surface area contributed by atoms with Gasteiger partial charge < -0.3 is 10.4 Å². The molecule has 0 saturated heterocycles. The molecule has 4 N–H and O–H groups in total. The first kappa shape index (κ1) is 24.0. The molecular formula is C19H27F2N5O3S. The Hall–Kier alpha value is -2.24. The van der Waals surface area contributed by atoms with Crippen LogP contribution in [-0.4, -0.2) is 41.1 Å². The molecular weight excluding hydrogens is 416 g/mol. The van der Waals surface area contributed by atoms with Crippen LogP contribution in [0.2, 0.25) is 0 Å². The van der Waals surface area contributed by atoms with Gasteiger partial charge in [-0.05, 0) is 29.9 Å². The summed E-state index contributed by atoms with van der Waals surface area (Å²) < 4.78 is 50.3. The Labute approximate surface area is 175 Å². The fourth-order valence-electron chi connectivity index (χ4n) is 3.08. The summed E-state index contributed by atoms with van der Waals surface area (Å²) in [7, 11) is -3.89. The van der Waals surface area contributed by atoms with Crippen molar-refractivity contribution in [2.75, 3.05) is 11.9 Å². The maximum absolute atomic E-state index is 14.1. The van der Waals surface area contributed by atoms with Crippen LogP contribution in [-0.2, 0) is 22.2 Å². The average molecular weight is 444 g/mol. The van der Waals surface area contributed by atoms with Crippen LogP contribution in [0.1, 0.15) is 50.3 Å². The number of halogens is 2. The Kier molecular flexibility index (Phi) is 8.16. The Morgan fingerprint density at radius 2 is 1.80 bits per heavy atom. The fraction of sp³-hybridized carbons (Fsp3) is 0.526. The van der Waals surface area contributed by atoms with E-state index in [0.29, 0.717) is 12.3 Å². The van der Waals surface area contributed by atoms with Gasteiger partial charge in [0, 0.05) is 12.5 Å². The monoisotopic (exact) mass is 443 g/mol. The minimum atomic E-state index is -3.89. The van der Waals surface area contributed by atoms with Gasteiger partial charge in [0.05, 0.1) is 12.6 Å². The van der Waals surface area contributed by atoms with E-state index in [-0.39, 0.29) is 42.2 Å². The van der Waals surface area contributed by atoms with Gasteiger partial charge in [-0.3, -0.25) is 0 Å². The highest BCUT2D eigenvalue weighted by molar-refractivity contribution is 7.88. The first-order valence-corrected chi connectivity index (χ1v) is 11.2. The number of nitrogens with one attached hydrogen (secondary N) is 1. The summed E-state index contributed by atoms with van der Waals surface area (Å²) in [4.78, 5) is 12.5. The number of aliphatic hydroxyl groups is 1. The number of nitrogens with two attached hydrogens (primary N) is 1. The molecule has 0 fully saturated rings. The zero-order valence-electron chi connectivity index (χ0n) is 17.1. The molecule has 166 valence electrons. The summed E-state index contributed by atoms with van der Waals surface area (Å²) in [5, 5.41) is 17.7. The third-order valence-corrected chi connectivity index (χ3v) is 5.01. The molecule has 11 heteroatoms. The number of nitrogens with zero attached hydrogens (tertiary/aromatic N) is 3. The summed E-state index contributed by atoms with van der Waals surface area (Å²) in [5.74, 6) is -1.80. The summed E-state index contributed by atoms with van der Waals surface area (Å²) in [6.07, 6.45) is 0.796. The molecule has 0 saturated carbocycles. The number of hydrogen-bond donors (Lipinski definition) is 3. The lowest BCUT2D eigenvalue weighted by molar-refractivity contribution is 0.259. The first-order valence-electron chi connectivity index (χ1n) is 9.53. The number of aliphatic hydroxyl groups excluding tert-OH is 1. The summed E-state index contributed by atoms with van der Waals surface area (Å²) >= 11 is 0. The molecule has 8 nitrogen and oxygen atoms in total. The van der Waals surface area contributed by atoms with Gasteiger partial charge in [0.1, 0.15) is 23.2 Å². The van der Waals surface area contributed by atoms with Crippen LogP contribution in [0.4, 0.5) is 14.7 Å². The predicted molar refractivity (Wildman–Crippen MR) is 109 cm³/mol. The van der Waals surface area contributed by atoms with Gasteiger partial charge >= 0.3 is 0 Å². The van der Waals surface area contributed by atoms with Crippen LogP contribution in [0.15, 0.2) is 18.2 Å². The van der Waals surface area contributed by atoms with Crippen molar-refractivity contribution in [2.24, 2.45) is 11.1 Å². The highest BCUT2D eigenvalue weighted by atomic mass is 32.2. The molecule has 0 unspecified atom stereocenters. The SMILES string of the molecule is CC(C)C[C@H](CO)Nc1nc(C[C@H](C)c2ccc(F)cc2F)nc(CS(N)(=O)=O)n1. The van der Waals surface area contributed by atoms with Crippen molar-refractivity contribution >= 4 is 16.0 Å². The molecule has 0 aliphatic heterocycles. The molecule has 0 amide bonds. The summed E-state index contributed by atoms with van der Waals surface area (Å²) in [6.45, 7) is 5.55. The van der Waals surface area contributed by atoms with Gasteiger partial charge in [-0.2, -0.15) is 9.97 Å². The number of rotatable bonds is 10. The van der Waals surface area contributed by atoms with Gasteiger partial charge in [0.25, 0.3) is 0 Å². The largest absolute Gasteiger partial charge is 0.394 e. The standard InChI is InChI=1S/C19H27F2N5O3S/c1-11(2)6-14(9-27)23-19-25-17(24-18(26-19)10-30(22,28)29)7-12(3)15-5-4-13(20)8-16(15)21/h4-5,8,11-12,14,27H,6-7,9-10H2,1-3H3,(H2,22,28,29)(H,23,24,25,26)/t12-,14+/m0/s1. The van der Waals surface area contributed by atoms with Crippen LogP contribution in [0, 0.1) is 17.6 Å². The zero-order chi connectivity index (χ0) is 22.5. The molecule has 1 heterocycles. The lowest BCUT2D eigenvalue weighted by Gasteiger charge is -2.19. The van der Waals surface area contributed by atoms with Crippen LogP contribution < -0.4 is 10.5 Å². The second-order valence-electron chi connectivity index (χ2n) is 7.72. The summed E-state index contributed by atoms with van der Waals surface area (Å²) in [5.41, 5.74) is 0.285. The van der Waals surface area contributed by atoms with Crippen molar-refractivity contribution < 1.29 is 22.3 Å². The van der Waals surface area contributed by atoms with E-state index in [2.05, 4.69) is 20.3 Å². The van der Waals surface area contributed by atoms with E-state index in [1.807, 2.05) is 13.8 Å². The Morgan fingerprint density at radius 1 is 1.13 bits per heavy atom. The number of benzene rings is 1. The molecule has 2 rings (SSSR count). The predicted octanol–water partition coefficient (Wildman–Crippen LogP) is 2.10. The van der Waals surface area contributed by atoms with E-state index < -0.39 is 33.3 Å². The Morgan fingerprint density at radius 3 is 2.37 bits per heavy atom. The van der Waals surface area contributed by atoms with Gasteiger partial charge in [-0.15, -0.1) is 0 Å². The Balaban J connectivity index is 2.33. The van der Waals surface area contributed by atoms with Crippen molar-refractivity contribution in [2.45, 2.75) is 51.3 Å². The zero-order valence-corrected chi connectivity index (χ0v) is 18.0. The molecule has 1 aromatic carbocycles. The number of sulfonamides is 1. The van der Waals surface area contributed by atoms with E-state index in [0.717, 1.165) is 6.07 Å². The van der Waals surface area contributed by atoms with Gasteiger partial charge in [-0.25, -0.2) is 27.3 Å². The normalized spacial score (nSPS) is 14.0.